The third kappa shape index (κ3) is 1.54. The summed E-state index contributed by atoms with van der Waals surface area (Å²) in [6.07, 6.45) is 0. The minimum atomic E-state index is 0.306. The molecule has 1 aromatic rings. The van der Waals surface area contributed by atoms with Crippen LogP contribution in [0.1, 0.15) is 11.1 Å². The normalized spacial score (nSPS) is 13.3. The number of hydrogen-bond donors (Lipinski definition) is 1. The van der Waals surface area contributed by atoms with Crippen LogP contribution in [0.5, 0.6) is 11.5 Å². The molecular weight excluding hydrogens is 182 g/mol. The summed E-state index contributed by atoms with van der Waals surface area (Å²) in [5.74, 6) is 1.68. The molecule has 4 heteroatoms. The van der Waals surface area contributed by atoms with Crippen molar-refractivity contribution >= 4 is 0 Å². The van der Waals surface area contributed by atoms with Crippen LogP contribution in [0.25, 0.3) is 0 Å². The Labute approximate surface area is 82.7 Å². The smallest absolute Gasteiger partial charge is 0.231 e. The molecule has 1 aliphatic heterocycles. The summed E-state index contributed by atoms with van der Waals surface area (Å²) in [6, 6.07) is 4.02. The Balaban J connectivity index is 2.29. The lowest BCUT2D eigenvalue weighted by Gasteiger charge is -2.07. The second-order valence-electron chi connectivity index (χ2n) is 3.13. The maximum absolute atomic E-state index is 5.39. The van der Waals surface area contributed by atoms with Crippen LogP contribution < -0.4 is 15.0 Å². The van der Waals surface area contributed by atoms with Crippen molar-refractivity contribution in [2.45, 2.75) is 13.5 Å². The van der Waals surface area contributed by atoms with Crippen molar-refractivity contribution < 1.29 is 14.3 Å². The molecule has 0 aliphatic carbocycles. The van der Waals surface area contributed by atoms with Crippen LogP contribution in [0.15, 0.2) is 12.1 Å². The van der Waals surface area contributed by atoms with Crippen molar-refractivity contribution in [2.75, 3.05) is 13.9 Å². The average Bonchev–Trinajstić information content (AvgIpc) is 2.66. The number of nitrogens with one attached hydrogen (secondary N) is 1. The third-order valence-corrected chi connectivity index (χ3v) is 2.20. The Morgan fingerprint density at radius 2 is 2.14 bits per heavy atom. The van der Waals surface area contributed by atoms with Gasteiger partial charge >= 0.3 is 0 Å². The first-order valence-electron chi connectivity index (χ1n) is 4.47. The second kappa shape index (κ2) is 3.86. The Morgan fingerprint density at radius 3 is 2.93 bits per heavy atom. The Bertz CT molecular complexity index is 338. The third-order valence-electron chi connectivity index (χ3n) is 2.20. The van der Waals surface area contributed by atoms with Crippen LogP contribution >= 0.6 is 0 Å². The van der Waals surface area contributed by atoms with E-state index in [9.17, 15) is 0 Å². The van der Waals surface area contributed by atoms with Crippen LogP contribution in [-0.2, 0) is 11.4 Å². The summed E-state index contributed by atoms with van der Waals surface area (Å²) in [6.45, 7) is 2.92. The highest BCUT2D eigenvalue weighted by Crippen LogP contribution is 2.38. The topological polar surface area (TPSA) is 39.7 Å². The van der Waals surface area contributed by atoms with Crippen LogP contribution in [-0.4, -0.2) is 13.9 Å². The van der Waals surface area contributed by atoms with Crippen molar-refractivity contribution in [3.63, 3.8) is 0 Å². The van der Waals surface area contributed by atoms with Gasteiger partial charge in [0.05, 0.1) is 7.11 Å². The van der Waals surface area contributed by atoms with E-state index in [2.05, 4.69) is 5.48 Å². The monoisotopic (exact) mass is 195 g/mol. The lowest BCUT2D eigenvalue weighted by molar-refractivity contribution is 0.0858. The molecule has 0 atom stereocenters. The zero-order valence-corrected chi connectivity index (χ0v) is 8.29. The van der Waals surface area contributed by atoms with Gasteiger partial charge in [-0.2, -0.15) is 5.48 Å². The number of hydrogen-bond acceptors (Lipinski definition) is 4. The number of fused-ring (bicyclic) bond motifs is 1. The molecular formula is C10H13NO3. The van der Waals surface area contributed by atoms with Crippen molar-refractivity contribution in [1.29, 1.82) is 0 Å². The highest BCUT2D eigenvalue weighted by Gasteiger charge is 2.19. The molecule has 0 bridgehead atoms. The summed E-state index contributed by atoms with van der Waals surface area (Å²) < 4.78 is 10.7. The van der Waals surface area contributed by atoms with Crippen LogP contribution in [0.4, 0.5) is 0 Å². The van der Waals surface area contributed by atoms with Gasteiger partial charge in [0.15, 0.2) is 11.5 Å². The van der Waals surface area contributed by atoms with Crippen LogP contribution in [0.3, 0.4) is 0 Å². The van der Waals surface area contributed by atoms with Gasteiger partial charge < -0.3 is 14.3 Å². The van der Waals surface area contributed by atoms with Gasteiger partial charge in [0.25, 0.3) is 0 Å². The van der Waals surface area contributed by atoms with E-state index < -0.39 is 0 Å². The molecule has 0 saturated carbocycles. The van der Waals surface area contributed by atoms with Gasteiger partial charge in [0.2, 0.25) is 6.79 Å². The van der Waals surface area contributed by atoms with E-state index >= 15 is 0 Å². The number of aryl methyl sites for hydroxylation is 1. The molecule has 0 fully saturated rings. The average molecular weight is 195 g/mol. The Hall–Kier alpha value is -1.26. The lowest BCUT2D eigenvalue weighted by Crippen LogP contribution is -2.11. The summed E-state index contributed by atoms with van der Waals surface area (Å²) in [5.41, 5.74) is 4.92. The minimum Gasteiger partial charge on any atom is -0.453 e. The zero-order valence-electron chi connectivity index (χ0n) is 8.29. The predicted octanol–water partition coefficient (Wildman–Crippen LogP) is 1.37. The van der Waals surface area contributed by atoms with E-state index in [4.69, 9.17) is 14.3 Å². The Morgan fingerprint density at radius 1 is 1.36 bits per heavy atom. The highest BCUT2D eigenvalue weighted by molar-refractivity contribution is 5.52. The summed E-state index contributed by atoms with van der Waals surface area (Å²) >= 11 is 0. The van der Waals surface area contributed by atoms with Gasteiger partial charge in [-0.15, -0.1) is 0 Å². The first kappa shape index (κ1) is 9.30. The van der Waals surface area contributed by atoms with Crippen molar-refractivity contribution in [3.8, 4) is 11.5 Å². The van der Waals surface area contributed by atoms with E-state index in [-0.39, 0.29) is 0 Å². The summed E-state index contributed by atoms with van der Waals surface area (Å²) in [7, 11) is 1.59. The highest BCUT2D eigenvalue weighted by atomic mass is 16.7. The van der Waals surface area contributed by atoms with E-state index in [1.165, 1.54) is 0 Å². The standard InChI is InChI=1S/C10H13NO3/c1-7-3-4-8(5-11-12-2)10-9(7)13-6-14-10/h3-4,11H,5-6H2,1-2H3. The fourth-order valence-electron chi connectivity index (χ4n) is 1.48. The summed E-state index contributed by atoms with van der Waals surface area (Å²) in [4.78, 5) is 4.79. The number of benzene rings is 1. The molecule has 1 aliphatic rings. The van der Waals surface area contributed by atoms with Crippen molar-refractivity contribution in [2.24, 2.45) is 0 Å². The molecule has 0 amide bonds. The van der Waals surface area contributed by atoms with E-state index in [0.29, 0.717) is 13.3 Å². The van der Waals surface area contributed by atoms with Gasteiger partial charge in [-0.1, -0.05) is 12.1 Å². The molecule has 2 rings (SSSR count). The lowest BCUT2D eigenvalue weighted by atomic mass is 10.1. The molecule has 0 saturated heterocycles. The van der Waals surface area contributed by atoms with Gasteiger partial charge in [-0.25, -0.2) is 0 Å². The van der Waals surface area contributed by atoms with Crippen LogP contribution in [0, 0.1) is 6.92 Å². The molecule has 1 aromatic carbocycles. The molecule has 1 heterocycles. The maximum atomic E-state index is 5.39. The molecule has 4 nitrogen and oxygen atoms in total. The zero-order chi connectivity index (χ0) is 9.97. The predicted molar refractivity (Wildman–Crippen MR) is 51.2 cm³/mol. The van der Waals surface area contributed by atoms with Crippen LogP contribution in [0.2, 0.25) is 0 Å². The number of hydroxylamine groups is 1. The van der Waals surface area contributed by atoms with Gasteiger partial charge in [-0.3, -0.25) is 0 Å². The van der Waals surface area contributed by atoms with E-state index in [0.717, 1.165) is 22.6 Å². The molecule has 14 heavy (non-hydrogen) atoms. The number of ether oxygens (including phenoxy) is 2. The SMILES string of the molecule is CONCc1ccc(C)c2c1OCO2. The molecule has 0 spiro atoms. The van der Waals surface area contributed by atoms with E-state index in [1.807, 2.05) is 19.1 Å². The fourth-order valence-corrected chi connectivity index (χ4v) is 1.48. The second-order valence-corrected chi connectivity index (χ2v) is 3.13. The van der Waals surface area contributed by atoms with Gasteiger partial charge in [0, 0.05) is 12.1 Å². The molecule has 0 aromatic heterocycles. The van der Waals surface area contributed by atoms with Crippen molar-refractivity contribution in [3.05, 3.63) is 23.3 Å². The Kier molecular flexibility index (Phi) is 2.56. The van der Waals surface area contributed by atoms with Gasteiger partial charge in [-0.05, 0) is 12.5 Å². The first-order valence-corrected chi connectivity index (χ1v) is 4.47. The first-order chi connectivity index (χ1) is 6.83. The summed E-state index contributed by atoms with van der Waals surface area (Å²) in [5, 5.41) is 0. The van der Waals surface area contributed by atoms with E-state index in [1.54, 1.807) is 7.11 Å². The molecule has 0 unspecified atom stereocenters. The molecule has 0 radical (unpaired) electrons. The fraction of sp³-hybridized carbons (Fsp3) is 0.400. The van der Waals surface area contributed by atoms with Crippen molar-refractivity contribution in [1.82, 2.24) is 5.48 Å². The largest absolute Gasteiger partial charge is 0.453 e. The maximum Gasteiger partial charge on any atom is 0.231 e. The molecule has 1 N–H and O–H groups in total. The quantitative estimate of drug-likeness (QED) is 0.739. The minimum absolute atomic E-state index is 0.306. The van der Waals surface area contributed by atoms with Gasteiger partial charge in [0.1, 0.15) is 0 Å². The number of rotatable bonds is 3. The molecule has 76 valence electrons.